The molecule has 0 unspecified atom stereocenters. The maximum absolute atomic E-state index is 12.6. The van der Waals surface area contributed by atoms with E-state index in [1.54, 1.807) is 47.4 Å². The zero-order valence-corrected chi connectivity index (χ0v) is 18.7. The van der Waals surface area contributed by atoms with Gasteiger partial charge in [-0.2, -0.15) is 4.31 Å². The Morgan fingerprint density at radius 3 is 2.53 bits per heavy atom. The molecule has 30 heavy (non-hydrogen) atoms. The third-order valence-corrected chi connectivity index (χ3v) is 8.46. The molecule has 0 aliphatic carbocycles. The Kier molecular flexibility index (Phi) is 7.06. The highest BCUT2D eigenvalue weighted by Crippen LogP contribution is 2.28. The lowest BCUT2D eigenvalue weighted by Gasteiger charge is -2.26. The van der Waals surface area contributed by atoms with E-state index >= 15 is 0 Å². The van der Waals surface area contributed by atoms with Crippen molar-refractivity contribution in [2.75, 3.05) is 38.7 Å². The first-order chi connectivity index (χ1) is 14.6. The number of benzene rings is 2. The second-order valence-corrected chi connectivity index (χ2v) is 10.7. The quantitative estimate of drug-likeness (QED) is 0.372. The second-order valence-electron chi connectivity index (χ2n) is 6.55. The van der Waals surface area contributed by atoms with Crippen molar-refractivity contribution >= 4 is 33.1 Å². The van der Waals surface area contributed by atoms with Gasteiger partial charge in [-0.3, -0.25) is 0 Å². The molecule has 2 heterocycles. The first-order valence-electron chi connectivity index (χ1n) is 9.57. The van der Waals surface area contributed by atoms with Gasteiger partial charge in [0, 0.05) is 29.8 Å². The average Bonchev–Trinajstić information content (AvgIpc) is 3.27. The fourth-order valence-corrected chi connectivity index (χ4v) is 6.13. The number of ether oxygens (including phenoxy) is 2. The number of sulfonamides is 1. The van der Waals surface area contributed by atoms with Gasteiger partial charge < -0.3 is 9.47 Å². The van der Waals surface area contributed by atoms with Crippen LogP contribution < -0.4 is 4.74 Å². The lowest BCUT2D eigenvalue weighted by Crippen LogP contribution is -2.40. The van der Waals surface area contributed by atoms with Crippen LogP contribution >= 0.6 is 23.1 Å². The Labute approximate surface area is 184 Å². The Morgan fingerprint density at radius 2 is 1.80 bits per heavy atom. The second kappa shape index (κ2) is 9.93. The molecule has 1 aliphatic heterocycles. The Morgan fingerprint density at radius 1 is 1.07 bits per heavy atom. The van der Waals surface area contributed by atoms with Crippen LogP contribution in [-0.4, -0.2) is 56.4 Å². The molecule has 0 atom stereocenters. The summed E-state index contributed by atoms with van der Waals surface area (Å²) in [5.41, 5.74) is 2.10. The highest BCUT2D eigenvalue weighted by atomic mass is 32.2. The largest absolute Gasteiger partial charge is 0.493 e. The maximum atomic E-state index is 12.6. The average molecular weight is 463 g/mol. The molecule has 4 rings (SSSR count). The van der Waals surface area contributed by atoms with Crippen LogP contribution in [0.4, 0.5) is 0 Å². The van der Waals surface area contributed by atoms with Gasteiger partial charge in [-0.1, -0.05) is 42.1 Å². The van der Waals surface area contributed by atoms with Crippen LogP contribution in [0.3, 0.4) is 0 Å². The predicted molar refractivity (Wildman–Crippen MR) is 120 cm³/mol. The molecule has 158 valence electrons. The molecule has 0 spiro atoms. The number of nitrogens with zero attached hydrogens (tertiary/aromatic N) is 2. The summed E-state index contributed by atoms with van der Waals surface area (Å²) in [7, 11) is -3.47. The lowest BCUT2D eigenvalue weighted by atomic mass is 10.2. The Balaban J connectivity index is 1.26. The van der Waals surface area contributed by atoms with Crippen LogP contribution in [0.1, 0.15) is 0 Å². The molecule has 1 aromatic heterocycles. The number of morpholine rings is 1. The topological polar surface area (TPSA) is 68.7 Å². The lowest BCUT2D eigenvalue weighted by molar-refractivity contribution is 0.0730. The third kappa shape index (κ3) is 5.22. The van der Waals surface area contributed by atoms with Crippen molar-refractivity contribution in [3.8, 4) is 17.0 Å². The minimum atomic E-state index is -3.47. The number of aromatic nitrogens is 1. The number of rotatable bonds is 8. The molecule has 6 nitrogen and oxygen atoms in total. The van der Waals surface area contributed by atoms with Crippen LogP contribution in [0, 0.1) is 0 Å². The minimum absolute atomic E-state index is 0.280. The highest BCUT2D eigenvalue weighted by Gasteiger charge is 2.26. The van der Waals surface area contributed by atoms with Crippen LogP contribution in [0.15, 0.2) is 69.2 Å². The molecule has 2 aromatic carbocycles. The van der Waals surface area contributed by atoms with Crippen molar-refractivity contribution in [3.63, 3.8) is 0 Å². The number of hydrogen-bond donors (Lipinski definition) is 0. The fraction of sp³-hybridized carbons (Fsp3) is 0.286. The van der Waals surface area contributed by atoms with Gasteiger partial charge in [-0.15, -0.1) is 11.3 Å². The summed E-state index contributed by atoms with van der Waals surface area (Å²) in [6.45, 7) is 2.16. The van der Waals surface area contributed by atoms with Gasteiger partial charge in [-0.05, 0) is 24.3 Å². The van der Waals surface area contributed by atoms with Crippen LogP contribution in [0.2, 0.25) is 0 Å². The molecule has 0 bridgehead atoms. The van der Waals surface area contributed by atoms with Gasteiger partial charge in [0.05, 0.1) is 30.4 Å². The maximum Gasteiger partial charge on any atom is 0.243 e. The van der Waals surface area contributed by atoms with E-state index in [1.807, 2.05) is 18.2 Å². The summed E-state index contributed by atoms with van der Waals surface area (Å²) < 4.78 is 38.7. The molecule has 0 radical (unpaired) electrons. The normalized spacial score (nSPS) is 15.2. The van der Waals surface area contributed by atoms with Crippen LogP contribution in [0.5, 0.6) is 5.75 Å². The van der Waals surface area contributed by atoms with Crippen LogP contribution in [-0.2, 0) is 14.8 Å². The zero-order chi connectivity index (χ0) is 20.8. The smallest absolute Gasteiger partial charge is 0.243 e. The summed E-state index contributed by atoms with van der Waals surface area (Å²) in [6, 6.07) is 16.7. The van der Waals surface area contributed by atoms with Crippen molar-refractivity contribution in [1.29, 1.82) is 0 Å². The van der Waals surface area contributed by atoms with E-state index in [4.69, 9.17) is 9.47 Å². The Hall–Kier alpha value is -1.91. The van der Waals surface area contributed by atoms with Crippen molar-refractivity contribution < 1.29 is 17.9 Å². The Bertz CT molecular complexity index is 1050. The monoisotopic (exact) mass is 462 g/mol. The zero-order valence-electron chi connectivity index (χ0n) is 16.3. The molecular formula is C21H22N2O4S3. The van der Waals surface area contributed by atoms with Gasteiger partial charge >= 0.3 is 0 Å². The summed E-state index contributed by atoms with van der Waals surface area (Å²) in [6.07, 6.45) is 0. The van der Waals surface area contributed by atoms with Gasteiger partial charge in [0.15, 0.2) is 4.34 Å². The first kappa shape index (κ1) is 21.3. The SMILES string of the molecule is O=S(=O)(c1ccc(OCCSc2nc(-c3ccccc3)cs2)cc1)N1CCOCC1. The standard InChI is InChI=1S/C21H22N2O4S3/c24-30(25,23-10-12-26-13-11-23)19-8-6-18(7-9-19)27-14-15-28-21-22-20(16-29-21)17-4-2-1-3-5-17/h1-9,16H,10-15H2. The number of hydrogen-bond acceptors (Lipinski definition) is 7. The van der Waals surface area contributed by atoms with Crippen molar-refractivity contribution in [2.24, 2.45) is 0 Å². The summed E-state index contributed by atoms with van der Waals surface area (Å²) in [5, 5.41) is 2.06. The minimum Gasteiger partial charge on any atom is -0.493 e. The highest BCUT2D eigenvalue weighted by molar-refractivity contribution is 8.01. The van der Waals surface area contributed by atoms with E-state index < -0.39 is 10.0 Å². The fourth-order valence-electron chi connectivity index (χ4n) is 3.00. The van der Waals surface area contributed by atoms with E-state index in [9.17, 15) is 8.42 Å². The molecule has 1 fully saturated rings. The number of thiazole rings is 1. The predicted octanol–water partition coefficient (Wildman–Crippen LogP) is 4.00. The van der Waals surface area contributed by atoms with Gasteiger partial charge in [-0.25, -0.2) is 13.4 Å². The molecule has 0 N–H and O–H groups in total. The van der Waals surface area contributed by atoms with Crippen molar-refractivity contribution in [3.05, 3.63) is 60.0 Å². The van der Waals surface area contributed by atoms with Crippen molar-refractivity contribution in [2.45, 2.75) is 9.24 Å². The van der Waals surface area contributed by atoms with E-state index in [-0.39, 0.29) is 4.90 Å². The third-order valence-electron chi connectivity index (χ3n) is 4.56. The summed E-state index contributed by atoms with van der Waals surface area (Å²) >= 11 is 3.27. The molecule has 1 saturated heterocycles. The summed E-state index contributed by atoms with van der Waals surface area (Å²) in [5.74, 6) is 1.41. The van der Waals surface area contributed by atoms with E-state index in [2.05, 4.69) is 22.5 Å². The first-order valence-corrected chi connectivity index (χ1v) is 12.9. The molecule has 9 heteroatoms. The molecule has 1 aliphatic rings. The molecule has 0 amide bonds. The number of thioether (sulfide) groups is 1. The van der Waals surface area contributed by atoms with Crippen molar-refractivity contribution in [1.82, 2.24) is 9.29 Å². The van der Waals surface area contributed by atoms with Gasteiger partial charge in [0.1, 0.15) is 5.75 Å². The van der Waals surface area contributed by atoms with Crippen LogP contribution in [0.25, 0.3) is 11.3 Å². The molecular weight excluding hydrogens is 440 g/mol. The van der Waals surface area contributed by atoms with E-state index in [0.29, 0.717) is 38.7 Å². The molecule has 0 saturated carbocycles. The summed E-state index contributed by atoms with van der Waals surface area (Å²) in [4.78, 5) is 4.93. The van der Waals surface area contributed by atoms with E-state index in [0.717, 1.165) is 21.3 Å². The van der Waals surface area contributed by atoms with Gasteiger partial charge in [0.25, 0.3) is 0 Å². The van der Waals surface area contributed by atoms with Gasteiger partial charge in [0.2, 0.25) is 10.0 Å². The van der Waals surface area contributed by atoms with E-state index in [1.165, 1.54) is 4.31 Å². The molecule has 3 aromatic rings.